The first-order chi connectivity index (χ1) is 8.59. The van der Waals surface area contributed by atoms with Crippen molar-refractivity contribution in [1.82, 2.24) is 14.5 Å². The van der Waals surface area contributed by atoms with Crippen molar-refractivity contribution >= 4 is 23.2 Å². The molecule has 0 aliphatic carbocycles. The molecule has 0 bridgehead atoms. The lowest BCUT2D eigenvalue weighted by Gasteiger charge is -2.13. The Bertz CT molecular complexity index is 658. The number of carboxylic acid groups (broad SMARTS) is 1. The second-order valence-corrected chi connectivity index (χ2v) is 4.93. The summed E-state index contributed by atoms with van der Waals surface area (Å²) in [5, 5.41) is 10.9. The lowest BCUT2D eigenvalue weighted by atomic mass is 10.3. The van der Waals surface area contributed by atoms with Gasteiger partial charge < -0.3 is 10.0 Å². The van der Waals surface area contributed by atoms with Crippen LogP contribution in [-0.2, 0) is 6.54 Å². The van der Waals surface area contributed by atoms with Gasteiger partial charge >= 0.3 is 5.97 Å². The van der Waals surface area contributed by atoms with Crippen LogP contribution < -0.4 is 0 Å². The fraction of sp³-hybridized carbons (Fsp3) is 0.182. The van der Waals surface area contributed by atoms with Crippen molar-refractivity contribution in [2.45, 2.75) is 6.54 Å². The summed E-state index contributed by atoms with van der Waals surface area (Å²) < 4.78 is 1.68. The molecule has 1 aliphatic heterocycles. The summed E-state index contributed by atoms with van der Waals surface area (Å²) in [6.45, 7) is 0.238. The third-order valence-electron chi connectivity index (χ3n) is 2.90. The van der Waals surface area contributed by atoms with Gasteiger partial charge in [-0.05, 0) is 11.4 Å². The summed E-state index contributed by atoms with van der Waals surface area (Å²) >= 11 is 1.34. The van der Waals surface area contributed by atoms with Gasteiger partial charge in [0.2, 0.25) is 0 Å². The van der Waals surface area contributed by atoms with E-state index in [1.54, 1.807) is 17.7 Å². The molecule has 1 aliphatic rings. The Labute approximate surface area is 106 Å². The van der Waals surface area contributed by atoms with Gasteiger partial charge in [-0.25, -0.2) is 9.78 Å². The number of aromatic carboxylic acids is 1. The number of hydrogen-bond acceptors (Lipinski definition) is 4. The highest BCUT2D eigenvalue weighted by Crippen LogP contribution is 2.29. The Morgan fingerprint density at radius 3 is 3.06 bits per heavy atom. The van der Waals surface area contributed by atoms with Gasteiger partial charge in [-0.15, -0.1) is 11.3 Å². The lowest BCUT2D eigenvalue weighted by Crippen LogP contribution is -2.25. The Morgan fingerprint density at radius 2 is 2.33 bits per heavy atom. The fourth-order valence-corrected chi connectivity index (χ4v) is 2.91. The van der Waals surface area contributed by atoms with Crippen molar-refractivity contribution in [3.63, 3.8) is 0 Å². The summed E-state index contributed by atoms with van der Waals surface area (Å²) in [6, 6.07) is 1.80. The molecule has 92 valence electrons. The smallest absolute Gasteiger partial charge is 0.356 e. The van der Waals surface area contributed by atoms with Crippen molar-refractivity contribution in [3.8, 4) is 5.69 Å². The highest BCUT2D eigenvalue weighted by molar-refractivity contribution is 7.12. The van der Waals surface area contributed by atoms with Crippen LogP contribution in [0.1, 0.15) is 25.9 Å². The number of carboxylic acids is 1. The van der Waals surface area contributed by atoms with E-state index in [2.05, 4.69) is 4.98 Å². The van der Waals surface area contributed by atoms with Crippen molar-refractivity contribution in [1.29, 1.82) is 0 Å². The van der Waals surface area contributed by atoms with Crippen LogP contribution in [-0.4, -0.2) is 38.5 Å². The average molecular weight is 263 g/mol. The third-order valence-corrected chi connectivity index (χ3v) is 3.79. The molecule has 3 rings (SSSR count). The first kappa shape index (κ1) is 11.0. The molecule has 18 heavy (non-hydrogen) atoms. The number of nitrogens with zero attached hydrogens (tertiary/aromatic N) is 3. The van der Waals surface area contributed by atoms with Crippen molar-refractivity contribution in [2.75, 3.05) is 7.05 Å². The van der Waals surface area contributed by atoms with Gasteiger partial charge in [-0.3, -0.25) is 9.36 Å². The second kappa shape index (κ2) is 3.67. The molecule has 0 spiro atoms. The van der Waals surface area contributed by atoms with Gasteiger partial charge in [0.05, 0.1) is 17.9 Å². The summed E-state index contributed by atoms with van der Waals surface area (Å²) in [4.78, 5) is 29.2. The van der Waals surface area contributed by atoms with Crippen LogP contribution in [0.15, 0.2) is 17.8 Å². The molecular weight excluding hydrogens is 254 g/mol. The molecular formula is C11H9N3O3S. The maximum atomic E-state index is 12.1. The Hall–Kier alpha value is -2.15. The number of aromatic nitrogens is 2. The minimum absolute atomic E-state index is 0.00583. The minimum atomic E-state index is -1.08. The molecule has 7 heteroatoms. The monoisotopic (exact) mass is 263 g/mol. The Kier molecular flexibility index (Phi) is 2.24. The molecule has 0 saturated heterocycles. The lowest BCUT2D eigenvalue weighted by molar-refractivity contribution is 0.0683. The van der Waals surface area contributed by atoms with Gasteiger partial charge in [0.15, 0.2) is 5.69 Å². The first-order valence-corrected chi connectivity index (χ1v) is 6.10. The number of rotatable bonds is 1. The molecule has 6 nitrogen and oxygen atoms in total. The maximum absolute atomic E-state index is 12.1. The molecule has 0 aromatic carbocycles. The minimum Gasteiger partial charge on any atom is -0.476 e. The van der Waals surface area contributed by atoms with Crippen LogP contribution in [0, 0.1) is 0 Å². The Balaban J connectivity index is 2.28. The molecule has 3 heterocycles. The number of fused-ring (bicyclic) bond motifs is 3. The molecule has 2 aromatic rings. The van der Waals surface area contributed by atoms with Gasteiger partial charge in [0, 0.05) is 7.05 Å². The highest BCUT2D eigenvalue weighted by atomic mass is 32.1. The average Bonchev–Trinajstić information content (AvgIpc) is 2.91. The third kappa shape index (κ3) is 1.37. The van der Waals surface area contributed by atoms with E-state index in [4.69, 9.17) is 5.11 Å². The van der Waals surface area contributed by atoms with E-state index in [-0.39, 0.29) is 18.1 Å². The van der Waals surface area contributed by atoms with E-state index in [1.807, 2.05) is 5.38 Å². The molecule has 0 atom stereocenters. The first-order valence-electron chi connectivity index (χ1n) is 5.22. The predicted molar refractivity (Wildman–Crippen MR) is 64.2 cm³/mol. The van der Waals surface area contributed by atoms with Crippen molar-refractivity contribution in [3.05, 3.63) is 34.0 Å². The largest absolute Gasteiger partial charge is 0.476 e. The normalized spacial score (nSPS) is 14.1. The molecule has 2 aromatic heterocycles. The van der Waals surface area contributed by atoms with Crippen molar-refractivity contribution < 1.29 is 14.7 Å². The quantitative estimate of drug-likeness (QED) is 0.839. The fourth-order valence-electron chi connectivity index (χ4n) is 2.03. The number of carbonyl (C=O) groups is 2. The van der Waals surface area contributed by atoms with E-state index in [0.717, 1.165) is 0 Å². The van der Waals surface area contributed by atoms with Crippen LogP contribution in [0.2, 0.25) is 0 Å². The van der Waals surface area contributed by atoms with E-state index in [9.17, 15) is 9.59 Å². The number of imidazole rings is 1. The number of amides is 1. The van der Waals surface area contributed by atoms with Crippen LogP contribution in [0.5, 0.6) is 0 Å². The summed E-state index contributed by atoms with van der Waals surface area (Å²) in [7, 11) is 1.65. The van der Waals surface area contributed by atoms with Crippen LogP contribution >= 0.6 is 11.3 Å². The van der Waals surface area contributed by atoms with E-state index >= 15 is 0 Å². The van der Waals surface area contributed by atoms with Gasteiger partial charge in [-0.1, -0.05) is 0 Å². The standard InChI is InChI=1S/C11H9N3O3S/c1-13-4-7-8(11(16)17)12-5-14(7)6-2-3-18-9(6)10(13)15/h2-3,5H,4H2,1H3,(H,16,17). The van der Waals surface area contributed by atoms with E-state index in [1.165, 1.54) is 22.6 Å². The van der Waals surface area contributed by atoms with E-state index in [0.29, 0.717) is 16.3 Å². The van der Waals surface area contributed by atoms with Crippen molar-refractivity contribution in [2.24, 2.45) is 0 Å². The van der Waals surface area contributed by atoms with Gasteiger partial charge in [-0.2, -0.15) is 0 Å². The topological polar surface area (TPSA) is 75.4 Å². The molecule has 0 unspecified atom stereocenters. The van der Waals surface area contributed by atoms with E-state index < -0.39 is 5.97 Å². The summed E-state index contributed by atoms with van der Waals surface area (Å²) in [5.41, 5.74) is 1.22. The highest BCUT2D eigenvalue weighted by Gasteiger charge is 2.28. The molecule has 0 fully saturated rings. The summed E-state index contributed by atoms with van der Waals surface area (Å²) in [5.74, 6) is -1.18. The zero-order valence-corrected chi connectivity index (χ0v) is 10.3. The Morgan fingerprint density at radius 1 is 1.56 bits per heavy atom. The van der Waals surface area contributed by atoms with Crippen LogP contribution in [0.3, 0.4) is 0 Å². The van der Waals surface area contributed by atoms with Gasteiger partial charge in [0.1, 0.15) is 11.2 Å². The maximum Gasteiger partial charge on any atom is 0.356 e. The predicted octanol–water partition coefficient (Wildman–Crippen LogP) is 1.22. The molecule has 1 amide bonds. The molecule has 0 radical (unpaired) electrons. The molecule has 1 N–H and O–H groups in total. The SMILES string of the molecule is CN1Cc2c(C(=O)O)ncn2-c2ccsc2C1=O. The van der Waals surface area contributed by atoms with Gasteiger partial charge in [0.25, 0.3) is 5.91 Å². The van der Waals surface area contributed by atoms with Crippen LogP contribution in [0.25, 0.3) is 5.69 Å². The zero-order valence-electron chi connectivity index (χ0n) is 9.45. The number of thiophene rings is 1. The van der Waals surface area contributed by atoms with Crippen LogP contribution in [0.4, 0.5) is 0 Å². The second-order valence-electron chi connectivity index (χ2n) is 4.01. The zero-order chi connectivity index (χ0) is 12.9. The number of hydrogen-bond donors (Lipinski definition) is 1. The summed E-state index contributed by atoms with van der Waals surface area (Å²) in [6.07, 6.45) is 1.46. The molecule has 0 saturated carbocycles. The number of carbonyl (C=O) groups excluding carboxylic acids is 1.